The van der Waals surface area contributed by atoms with E-state index in [1.54, 1.807) is 11.8 Å². The maximum absolute atomic E-state index is 12.2. The van der Waals surface area contributed by atoms with Crippen LogP contribution >= 0.6 is 11.8 Å². The monoisotopic (exact) mass is 341 g/mol. The number of hydrogen-bond acceptors (Lipinski definition) is 2. The van der Waals surface area contributed by atoms with Gasteiger partial charge in [-0.1, -0.05) is 63.2 Å². The summed E-state index contributed by atoms with van der Waals surface area (Å²) in [5, 5.41) is 3.03. The van der Waals surface area contributed by atoms with Crippen LogP contribution in [0.3, 0.4) is 0 Å². The van der Waals surface area contributed by atoms with Crippen molar-refractivity contribution in [2.75, 3.05) is 11.1 Å². The summed E-state index contributed by atoms with van der Waals surface area (Å²) in [6.07, 6.45) is 0. The third-order valence-corrected chi connectivity index (χ3v) is 5.07. The van der Waals surface area contributed by atoms with Gasteiger partial charge in [-0.2, -0.15) is 0 Å². The Morgan fingerprint density at radius 2 is 1.58 bits per heavy atom. The molecule has 24 heavy (non-hydrogen) atoms. The number of anilines is 1. The van der Waals surface area contributed by atoms with Gasteiger partial charge in [0.1, 0.15) is 0 Å². The minimum Gasteiger partial charge on any atom is -0.325 e. The van der Waals surface area contributed by atoms with Gasteiger partial charge in [0.15, 0.2) is 0 Å². The average Bonchev–Trinajstić information content (AvgIpc) is 2.51. The topological polar surface area (TPSA) is 29.1 Å². The quantitative estimate of drug-likeness (QED) is 0.781. The SMILES string of the molecule is Cc1cccc(C)c1NC(=O)CSCc1ccc(C(C)(C)C)cc1. The number of rotatable bonds is 5. The molecule has 0 unspecified atom stereocenters. The van der Waals surface area contributed by atoms with Crippen LogP contribution in [0, 0.1) is 13.8 Å². The highest BCUT2D eigenvalue weighted by atomic mass is 32.2. The fraction of sp³-hybridized carbons (Fsp3) is 0.381. The molecule has 0 saturated carbocycles. The van der Waals surface area contributed by atoms with Gasteiger partial charge in [0.2, 0.25) is 5.91 Å². The molecule has 0 aliphatic carbocycles. The molecular weight excluding hydrogens is 314 g/mol. The summed E-state index contributed by atoms with van der Waals surface area (Å²) in [5.74, 6) is 1.38. The largest absolute Gasteiger partial charge is 0.325 e. The highest BCUT2D eigenvalue weighted by molar-refractivity contribution is 7.99. The van der Waals surface area contributed by atoms with Gasteiger partial charge in [-0.15, -0.1) is 11.8 Å². The van der Waals surface area contributed by atoms with Crippen molar-refractivity contribution >= 4 is 23.4 Å². The van der Waals surface area contributed by atoms with Crippen molar-refractivity contribution < 1.29 is 4.79 Å². The molecular formula is C21H27NOS. The fourth-order valence-electron chi connectivity index (χ4n) is 2.55. The van der Waals surface area contributed by atoms with Crippen LogP contribution in [-0.2, 0) is 16.0 Å². The Balaban J connectivity index is 1.85. The Labute approximate surface area is 150 Å². The molecule has 0 heterocycles. The van der Waals surface area contributed by atoms with Crippen LogP contribution in [0.4, 0.5) is 5.69 Å². The van der Waals surface area contributed by atoms with Crippen LogP contribution in [-0.4, -0.2) is 11.7 Å². The van der Waals surface area contributed by atoms with Gasteiger partial charge in [0.05, 0.1) is 5.75 Å². The standard InChI is InChI=1S/C21H27NOS/c1-15-7-6-8-16(2)20(15)22-19(23)14-24-13-17-9-11-18(12-10-17)21(3,4)5/h6-12H,13-14H2,1-5H3,(H,22,23). The van der Waals surface area contributed by atoms with E-state index in [1.807, 2.05) is 32.0 Å². The van der Waals surface area contributed by atoms with Gasteiger partial charge in [-0.25, -0.2) is 0 Å². The normalized spacial score (nSPS) is 11.4. The zero-order valence-electron chi connectivity index (χ0n) is 15.3. The van der Waals surface area contributed by atoms with Gasteiger partial charge in [0.25, 0.3) is 0 Å². The molecule has 0 fully saturated rings. The minimum atomic E-state index is 0.0590. The molecule has 3 heteroatoms. The van der Waals surface area contributed by atoms with Crippen LogP contribution in [0.5, 0.6) is 0 Å². The molecule has 0 saturated heterocycles. The molecule has 2 nitrogen and oxygen atoms in total. The third-order valence-electron chi connectivity index (χ3n) is 4.07. The lowest BCUT2D eigenvalue weighted by Crippen LogP contribution is -2.16. The first-order valence-corrected chi connectivity index (χ1v) is 9.46. The lowest BCUT2D eigenvalue weighted by molar-refractivity contribution is -0.113. The second-order valence-electron chi connectivity index (χ2n) is 7.25. The first kappa shape index (κ1) is 18.6. The zero-order valence-corrected chi connectivity index (χ0v) is 16.1. The first-order valence-electron chi connectivity index (χ1n) is 8.30. The Kier molecular flexibility index (Phi) is 6.11. The molecule has 0 spiro atoms. The molecule has 0 bridgehead atoms. The second kappa shape index (κ2) is 7.89. The summed E-state index contributed by atoms with van der Waals surface area (Å²) in [4.78, 5) is 12.2. The molecule has 0 aliphatic rings. The Morgan fingerprint density at radius 3 is 2.12 bits per heavy atom. The third kappa shape index (κ3) is 5.13. The summed E-state index contributed by atoms with van der Waals surface area (Å²) < 4.78 is 0. The number of benzene rings is 2. The number of hydrogen-bond donors (Lipinski definition) is 1. The number of carbonyl (C=O) groups is 1. The van der Waals surface area contributed by atoms with Crippen LogP contribution in [0.25, 0.3) is 0 Å². The number of amides is 1. The Hall–Kier alpha value is -1.74. The van der Waals surface area contributed by atoms with Crippen molar-refractivity contribution in [1.29, 1.82) is 0 Å². The van der Waals surface area contributed by atoms with Gasteiger partial charge in [0, 0.05) is 11.4 Å². The summed E-state index contributed by atoms with van der Waals surface area (Å²) in [5.41, 5.74) is 5.92. The number of para-hydroxylation sites is 1. The van der Waals surface area contributed by atoms with Crippen LogP contribution in [0.15, 0.2) is 42.5 Å². The molecule has 0 radical (unpaired) electrons. The van der Waals surface area contributed by atoms with Gasteiger partial charge in [-0.3, -0.25) is 4.79 Å². The van der Waals surface area contributed by atoms with Gasteiger partial charge in [-0.05, 0) is 41.5 Å². The lowest BCUT2D eigenvalue weighted by atomic mass is 9.87. The minimum absolute atomic E-state index is 0.0590. The van der Waals surface area contributed by atoms with E-state index >= 15 is 0 Å². The molecule has 1 N–H and O–H groups in total. The predicted molar refractivity (Wildman–Crippen MR) is 106 cm³/mol. The van der Waals surface area contributed by atoms with Gasteiger partial charge >= 0.3 is 0 Å². The maximum Gasteiger partial charge on any atom is 0.234 e. The lowest BCUT2D eigenvalue weighted by Gasteiger charge is -2.19. The van der Waals surface area contributed by atoms with Crippen molar-refractivity contribution in [3.63, 3.8) is 0 Å². The van der Waals surface area contributed by atoms with Crippen molar-refractivity contribution in [3.8, 4) is 0 Å². The number of thioether (sulfide) groups is 1. The first-order chi connectivity index (χ1) is 11.3. The molecule has 128 valence electrons. The molecule has 2 aromatic rings. The summed E-state index contributed by atoms with van der Waals surface area (Å²) in [6.45, 7) is 10.7. The molecule has 2 aromatic carbocycles. The molecule has 0 aromatic heterocycles. The van der Waals surface area contributed by atoms with E-state index in [0.717, 1.165) is 22.6 Å². The number of carbonyl (C=O) groups excluding carboxylic acids is 1. The maximum atomic E-state index is 12.2. The fourth-order valence-corrected chi connectivity index (χ4v) is 3.34. The molecule has 2 rings (SSSR count). The predicted octanol–water partition coefficient (Wildman–Crippen LogP) is 5.47. The van der Waals surface area contributed by atoms with Crippen molar-refractivity contribution in [3.05, 3.63) is 64.7 Å². The average molecular weight is 342 g/mol. The molecule has 0 atom stereocenters. The van der Waals surface area contributed by atoms with E-state index < -0.39 is 0 Å². The van der Waals surface area contributed by atoms with E-state index in [1.165, 1.54) is 11.1 Å². The van der Waals surface area contributed by atoms with Crippen molar-refractivity contribution in [1.82, 2.24) is 0 Å². The number of nitrogens with one attached hydrogen (secondary N) is 1. The second-order valence-corrected chi connectivity index (χ2v) is 8.24. The highest BCUT2D eigenvalue weighted by Gasteiger charge is 2.13. The van der Waals surface area contributed by atoms with E-state index in [-0.39, 0.29) is 11.3 Å². The summed E-state index contributed by atoms with van der Waals surface area (Å²) in [7, 11) is 0. The van der Waals surface area contributed by atoms with E-state index in [0.29, 0.717) is 5.75 Å². The van der Waals surface area contributed by atoms with Crippen molar-refractivity contribution in [2.24, 2.45) is 0 Å². The van der Waals surface area contributed by atoms with E-state index in [2.05, 4.69) is 50.4 Å². The smallest absolute Gasteiger partial charge is 0.234 e. The van der Waals surface area contributed by atoms with Crippen LogP contribution in [0.1, 0.15) is 43.0 Å². The Bertz CT molecular complexity index is 679. The van der Waals surface area contributed by atoms with E-state index in [9.17, 15) is 4.79 Å². The van der Waals surface area contributed by atoms with Gasteiger partial charge < -0.3 is 5.32 Å². The van der Waals surface area contributed by atoms with E-state index in [4.69, 9.17) is 0 Å². The highest BCUT2D eigenvalue weighted by Crippen LogP contribution is 2.24. The molecule has 1 amide bonds. The van der Waals surface area contributed by atoms with Crippen LogP contribution < -0.4 is 5.32 Å². The summed E-state index contributed by atoms with van der Waals surface area (Å²) >= 11 is 1.65. The number of aryl methyl sites for hydroxylation is 2. The summed E-state index contributed by atoms with van der Waals surface area (Å²) in [6, 6.07) is 14.8. The molecule has 0 aliphatic heterocycles. The Morgan fingerprint density at radius 1 is 1.00 bits per heavy atom. The van der Waals surface area contributed by atoms with Crippen LogP contribution in [0.2, 0.25) is 0 Å². The van der Waals surface area contributed by atoms with Crippen molar-refractivity contribution in [2.45, 2.75) is 45.8 Å². The zero-order chi connectivity index (χ0) is 17.7.